The van der Waals surface area contributed by atoms with Gasteiger partial charge in [0.05, 0.1) is 22.3 Å². The summed E-state index contributed by atoms with van der Waals surface area (Å²) >= 11 is 5.61. The van der Waals surface area contributed by atoms with Gasteiger partial charge in [0.2, 0.25) is 10.0 Å². The number of rotatable bonds is 6. The fraction of sp³-hybridized carbons (Fsp3) is 0.111. The third kappa shape index (κ3) is 4.13. The molecule has 26 heavy (non-hydrogen) atoms. The summed E-state index contributed by atoms with van der Waals surface area (Å²) in [6.45, 7) is -0.239. The monoisotopic (exact) mass is 395 g/mol. The van der Waals surface area contributed by atoms with Crippen LogP contribution in [-0.4, -0.2) is 20.1 Å². The molecule has 136 valence electrons. The van der Waals surface area contributed by atoms with Crippen LogP contribution in [0.3, 0.4) is 0 Å². The molecule has 1 aromatic heterocycles. The maximum absolute atomic E-state index is 13.2. The van der Waals surface area contributed by atoms with E-state index in [0.29, 0.717) is 11.3 Å². The van der Waals surface area contributed by atoms with Crippen molar-refractivity contribution in [3.05, 3.63) is 77.3 Å². The fourth-order valence-corrected chi connectivity index (χ4v) is 3.66. The largest absolute Gasteiger partial charge is 0.464 e. The van der Waals surface area contributed by atoms with E-state index in [9.17, 15) is 17.9 Å². The molecule has 0 aliphatic heterocycles. The van der Waals surface area contributed by atoms with Gasteiger partial charge < -0.3 is 9.52 Å². The van der Waals surface area contributed by atoms with Crippen LogP contribution < -0.4 is 4.72 Å². The first-order chi connectivity index (χ1) is 12.4. The van der Waals surface area contributed by atoms with Gasteiger partial charge in [0.25, 0.3) is 0 Å². The first-order valence-electron chi connectivity index (χ1n) is 7.63. The normalized spacial score (nSPS) is 12.9. The number of nitrogens with one attached hydrogen (secondary N) is 1. The van der Waals surface area contributed by atoms with Crippen LogP contribution >= 0.6 is 11.6 Å². The Hall–Kier alpha value is -2.19. The van der Waals surface area contributed by atoms with E-state index in [1.807, 2.05) is 6.07 Å². The highest BCUT2D eigenvalue weighted by molar-refractivity contribution is 7.89. The fourth-order valence-electron chi connectivity index (χ4n) is 2.35. The Labute approximate surface area is 155 Å². The molecule has 0 amide bonds. The van der Waals surface area contributed by atoms with Crippen molar-refractivity contribution in [1.82, 2.24) is 4.72 Å². The van der Waals surface area contributed by atoms with Crippen LogP contribution in [0.15, 0.2) is 70.2 Å². The predicted molar refractivity (Wildman–Crippen MR) is 95.7 cm³/mol. The van der Waals surface area contributed by atoms with Crippen LogP contribution in [0.1, 0.15) is 11.7 Å². The molecule has 1 atom stereocenters. The van der Waals surface area contributed by atoms with E-state index in [0.717, 1.165) is 23.8 Å². The summed E-state index contributed by atoms with van der Waals surface area (Å²) in [5.41, 5.74) is 1.38. The van der Waals surface area contributed by atoms with Gasteiger partial charge in [0.1, 0.15) is 11.6 Å². The third-order valence-corrected chi connectivity index (χ3v) is 5.48. The van der Waals surface area contributed by atoms with Crippen molar-refractivity contribution in [3.63, 3.8) is 0 Å². The molecule has 0 saturated heterocycles. The smallest absolute Gasteiger partial charge is 0.240 e. The van der Waals surface area contributed by atoms with E-state index >= 15 is 0 Å². The number of aliphatic hydroxyl groups excluding tert-OH is 1. The first-order valence-corrected chi connectivity index (χ1v) is 9.49. The Morgan fingerprint density at radius 1 is 1.15 bits per heavy atom. The summed E-state index contributed by atoms with van der Waals surface area (Å²) in [6, 6.07) is 13.6. The SMILES string of the molecule is O=S(=O)(NCC(O)c1ccc(-c2ccco2)cc1)c1ccc(F)c(Cl)c1. The second-order valence-electron chi connectivity index (χ2n) is 5.54. The maximum Gasteiger partial charge on any atom is 0.240 e. The van der Waals surface area contributed by atoms with Gasteiger partial charge in [0.15, 0.2) is 0 Å². The molecule has 0 saturated carbocycles. The van der Waals surface area contributed by atoms with Gasteiger partial charge in [-0.1, -0.05) is 35.9 Å². The zero-order chi connectivity index (χ0) is 18.7. The first kappa shape index (κ1) is 18.6. The Kier molecular flexibility index (Phi) is 5.43. The predicted octanol–water partition coefficient (Wildman–Crippen LogP) is 3.75. The van der Waals surface area contributed by atoms with Crippen LogP contribution in [0.2, 0.25) is 5.02 Å². The van der Waals surface area contributed by atoms with Gasteiger partial charge in [0, 0.05) is 12.1 Å². The summed E-state index contributed by atoms with van der Waals surface area (Å²) < 4.78 is 45.2. The van der Waals surface area contributed by atoms with Gasteiger partial charge in [-0.15, -0.1) is 0 Å². The number of halogens is 2. The van der Waals surface area contributed by atoms with Crippen molar-refractivity contribution < 1.29 is 22.3 Å². The topological polar surface area (TPSA) is 79.5 Å². The lowest BCUT2D eigenvalue weighted by atomic mass is 10.1. The molecule has 0 aliphatic rings. The zero-order valence-corrected chi connectivity index (χ0v) is 15.0. The molecule has 0 spiro atoms. The second kappa shape index (κ2) is 7.59. The van der Waals surface area contributed by atoms with E-state index in [4.69, 9.17) is 16.0 Å². The minimum absolute atomic E-state index is 0.177. The molecule has 3 aromatic rings. The lowest BCUT2D eigenvalue weighted by Gasteiger charge is -2.13. The minimum atomic E-state index is -3.92. The Bertz CT molecular complexity index is 989. The molecule has 3 rings (SSSR count). The molecule has 2 N–H and O–H groups in total. The standard InChI is InChI=1S/C18H15ClFNO4S/c19-15-10-14(7-8-16(15)20)26(23,24)21-11-17(22)12-3-5-13(6-4-12)18-2-1-9-25-18/h1-10,17,21-22H,11H2. The number of benzene rings is 2. The molecule has 0 bridgehead atoms. The van der Waals surface area contributed by atoms with Crippen LogP contribution in [0, 0.1) is 5.82 Å². The van der Waals surface area contributed by atoms with Crippen molar-refractivity contribution in [2.45, 2.75) is 11.0 Å². The van der Waals surface area contributed by atoms with E-state index in [1.54, 1.807) is 36.6 Å². The molecule has 1 unspecified atom stereocenters. The van der Waals surface area contributed by atoms with Gasteiger partial charge in [-0.05, 0) is 35.9 Å². The van der Waals surface area contributed by atoms with Crippen molar-refractivity contribution in [3.8, 4) is 11.3 Å². The quantitative estimate of drug-likeness (QED) is 0.666. The molecule has 0 fully saturated rings. The minimum Gasteiger partial charge on any atom is -0.464 e. The number of aliphatic hydroxyl groups is 1. The Balaban J connectivity index is 1.67. The molecule has 0 aliphatic carbocycles. The van der Waals surface area contributed by atoms with Crippen LogP contribution in [0.5, 0.6) is 0 Å². The highest BCUT2D eigenvalue weighted by Crippen LogP contribution is 2.23. The second-order valence-corrected chi connectivity index (χ2v) is 7.72. The van der Waals surface area contributed by atoms with Gasteiger partial charge in [-0.2, -0.15) is 0 Å². The molecule has 0 radical (unpaired) electrons. The van der Waals surface area contributed by atoms with E-state index < -0.39 is 21.9 Å². The van der Waals surface area contributed by atoms with E-state index in [2.05, 4.69) is 4.72 Å². The van der Waals surface area contributed by atoms with Gasteiger partial charge in [-0.3, -0.25) is 0 Å². The van der Waals surface area contributed by atoms with Gasteiger partial charge in [-0.25, -0.2) is 17.5 Å². The van der Waals surface area contributed by atoms with Crippen molar-refractivity contribution >= 4 is 21.6 Å². The summed E-state index contributed by atoms with van der Waals surface area (Å²) in [5.74, 6) is -0.0118. The average Bonchev–Trinajstić information content (AvgIpc) is 3.17. The molecule has 5 nitrogen and oxygen atoms in total. The highest BCUT2D eigenvalue weighted by Gasteiger charge is 2.18. The molecular formula is C18H15ClFNO4S. The summed E-state index contributed by atoms with van der Waals surface area (Å²) in [5, 5.41) is 9.92. The van der Waals surface area contributed by atoms with E-state index in [1.165, 1.54) is 0 Å². The van der Waals surface area contributed by atoms with Crippen LogP contribution in [0.4, 0.5) is 4.39 Å². The van der Waals surface area contributed by atoms with Crippen LogP contribution in [-0.2, 0) is 10.0 Å². The van der Waals surface area contributed by atoms with Crippen molar-refractivity contribution in [1.29, 1.82) is 0 Å². The Morgan fingerprint density at radius 2 is 1.88 bits per heavy atom. The lowest BCUT2D eigenvalue weighted by Crippen LogP contribution is -2.28. The molecule has 2 aromatic carbocycles. The number of hydrogen-bond donors (Lipinski definition) is 2. The summed E-state index contributed by atoms with van der Waals surface area (Å²) in [7, 11) is -3.92. The van der Waals surface area contributed by atoms with E-state index in [-0.39, 0.29) is 16.5 Å². The maximum atomic E-state index is 13.2. The third-order valence-electron chi connectivity index (χ3n) is 3.77. The zero-order valence-electron chi connectivity index (χ0n) is 13.4. The van der Waals surface area contributed by atoms with Gasteiger partial charge >= 0.3 is 0 Å². The van der Waals surface area contributed by atoms with Crippen molar-refractivity contribution in [2.75, 3.05) is 6.54 Å². The highest BCUT2D eigenvalue weighted by atomic mass is 35.5. The number of hydrogen-bond acceptors (Lipinski definition) is 4. The Morgan fingerprint density at radius 3 is 2.50 bits per heavy atom. The average molecular weight is 396 g/mol. The molecular weight excluding hydrogens is 381 g/mol. The lowest BCUT2D eigenvalue weighted by molar-refractivity contribution is 0.182. The number of furan rings is 1. The number of sulfonamides is 1. The van der Waals surface area contributed by atoms with Crippen LogP contribution in [0.25, 0.3) is 11.3 Å². The summed E-state index contributed by atoms with van der Waals surface area (Å²) in [4.78, 5) is -0.177. The van der Waals surface area contributed by atoms with Crippen molar-refractivity contribution in [2.24, 2.45) is 0 Å². The molecule has 1 heterocycles. The summed E-state index contributed by atoms with van der Waals surface area (Å²) in [6.07, 6.45) is 0.514. The molecule has 8 heteroatoms.